The van der Waals surface area contributed by atoms with Crippen LogP contribution in [-0.2, 0) is 16.1 Å². The lowest BCUT2D eigenvalue weighted by Crippen LogP contribution is -2.29. The summed E-state index contributed by atoms with van der Waals surface area (Å²) in [6.45, 7) is 2.64. The van der Waals surface area contributed by atoms with Crippen molar-refractivity contribution < 1.29 is 33.6 Å². The molecule has 0 radical (unpaired) electrons. The van der Waals surface area contributed by atoms with E-state index in [0.29, 0.717) is 40.7 Å². The topological polar surface area (TPSA) is 94.5 Å². The number of hydrogen-bond acceptors (Lipinski definition) is 7. The summed E-state index contributed by atoms with van der Waals surface area (Å²) >= 11 is 0. The van der Waals surface area contributed by atoms with E-state index >= 15 is 0 Å². The molecule has 0 aliphatic carbocycles. The molecule has 2 aliphatic heterocycles. The second kappa shape index (κ2) is 9.65. The van der Waals surface area contributed by atoms with Crippen molar-refractivity contribution in [1.29, 1.82) is 0 Å². The van der Waals surface area contributed by atoms with Crippen LogP contribution in [0, 0.1) is 0 Å². The zero-order chi connectivity index (χ0) is 25.2. The summed E-state index contributed by atoms with van der Waals surface area (Å²) < 4.78 is 21.6. The summed E-state index contributed by atoms with van der Waals surface area (Å²) in [7, 11) is 1.56. The maximum absolute atomic E-state index is 13.3. The fourth-order valence-electron chi connectivity index (χ4n) is 4.47. The Bertz CT molecular complexity index is 1350. The van der Waals surface area contributed by atoms with Crippen molar-refractivity contribution in [3.05, 3.63) is 89.0 Å². The van der Waals surface area contributed by atoms with Crippen LogP contribution in [-0.4, -0.2) is 42.2 Å². The molecule has 36 heavy (non-hydrogen) atoms. The molecule has 1 fully saturated rings. The summed E-state index contributed by atoms with van der Waals surface area (Å²) in [6, 6.07) is 18.5. The fourth-order valence-corrected chi connectivity index (χ4v) is 4.47. The molecule has 3 aromatic carbocycles. The molecule has 8 nitrogen and oxygen atoms in total. The molecule has 8 heteroatoms. The second-order valence-corrected chi connectivity index (χ2v) is 8.35. The number of likely N-dealkylation sites (tertiary alicyclic amines) is 1. The first kappa shape index (κ1) is 23.3. The molecular weight excluding hydrogens is 462 g/mol. The van der Waals surface area contributed by atoms with Crippen LogP contribution in [0.4, 0.5) is 0 Å². The first-order chi connectivity index (χ1) is 17.5. The maximum atomic E-state index is 13.3. The third-order valence-electron chi connectivity index (χ3n) is 6.18. The molecule has 0 aromatic heterocycles. The van der Waals surface area contributed by atoms with Gasteiger partial charge < -0.3 is 29.0 Å². The van der Waals surface area contributed by atoms with Gasteiger partial charge in [-0.1, -0.05) is 24.3 Å². The van der Waals surface area contributed by atoms with Crippen LogP contribution in [0.25, 0.3) is 5.76 Å². The summed E-state index contributed by atoms with van der Waals surface area (Å²) in [6.07, 6.45) is 0. The molecule has 1 saturated heterocycles. The average molecular weight is 488 g/mol. The van der Waals surface area contributed by atoms with E-state index in [2.05, 4.69) is 0 Å². The number of benzene rings is 3. The lowest BCUT2D eigenvalue weighted by molar-refractivity contribution is -0.140. The largest absolute Gasteiger partial charge is 0.507 e. The highest BCUT2D eigenvalue weighted by molar-refractivity contribution is 6.46. The van der Waals surface area contributed by atoms with Gasteiger partial charge in [0.05, 0.1) is 25.3 Å². The molecule has 2 heterocycles. The van der Waals surface area contributed by atoms with Gasteiger partial charge >= 0.3 is 0 Å². The predicted octanol–water partition coefficient (Wildman–Crippen LogP) is 4.44. The van der Waals surface area contributed by atoms with Crippen molar-refractivity contribution in [2.24, 2.45) is 0 Å². The summed E-state index contributed by atoms with van der Waals surface area (Å²) in [5.41, 5.74) is 1.82. The molecule has 0 bridgehead atoms. The number of ketones is 1. The number of fused-ring (bicyclic) bond motifs is 1. The number of Topliss-reactive ketones (excluding diaryl/α,β-unsaturated/α-hetero) is 1. The predicted molar refractivity (Wildman–Crippen MR) is 131 cm³/mol. The minimum absolute atomic E-state index is 0.00462. The van der Waals surface area contributed by atoms with Crippen LogP contribution in [0.3, 0.4) is 0 Å². The Labute approximate surface area is 208 Å². The quantitative estimate of drug-likeness (QED) is 0.299. The highest BCUT2D eigenvalue weighted by Crippen LogP contribution is 2.42. The molecule has 1 amide bonds. The Kier molecular flexibility index (Phi) is 6.25. The van der Waals surface area contributed by atoms with Gasteiger partial charge in [0.15, 0.2) is 11.5 Å². The Morgan fingerprint density at radius 1 is 1.00 bits per heavy atom. The van der Waals surface area contributed by atoms with Crippen LogP contribution in [0.5, 0.6) is 23.0 Å². The summed E-state index contributed by atoms with van der Waals surface area (Å²) in [5.74, 6) is 0.587. The van der Waals surface area contributed by atoms with Gasteiger partial charge in [-0.3, -0.25) is 9.59 Å². The molecule has 0 spiro atoms. The molecular formula is C28H25NO7. The first-order valence-corrected chi connectivity index (χ1v) is 11.5. The lowest BCUT2D eigenvalue weighted by Gasteiger charge is -2.26. The van der Waals surface area contributed by atoms with Gasteiger partial charge in [0.2, 0.25) is 6.79 Å². The number of aliphatic hydroxyl groups is 1. The van der Waals surface area contributed by atoms with Crippen molar-refractivity contribution >= 4 is 17.4 Å². The normalized spacial score (nSPS) is 17.9. The van der Waals surface area contributed by atoms with Crippen molar-refractivity contribution in [2.75, 3.05) is 20.5 Å². The van der Waals surface area contributed by atoms with Gasteiger partial charge in [-0.15, -0.1) is 0 Å². The Morgan fingerprint density at radius 3 is 2.53 bits per heavy atom. The van der Waals surface area contributed by atoms with E-state index in [1.54, 1.807) is 49.6 Å². The SMILES string of the molecule is CCOc1cccc(CN2C(=O)C(=O)/C(=C(\O)c3ccc4c(c3)OCO4)C2c2ccc(OC)cc2)c1. The first-order valence-electron chi connectivity index (χ1n) is 11.5. The number of hydrogen-bond donors (Lipinski definition) is 1. The van der Waals surface area contributed by atoms with Gasteiger partial charge in [0, 0.05) is 12.1 Å². The number of amides is 1. The number of ether oxygens (including phenoxy) is 4. The van der Waals surface area contributed by atoms with E-state index in [0.717, 1.165) is 5.56 Å². The van der Waals surface area contributed by atoms with E-state index in [4.69, 9.17) is 18.9 Å². The van der Waals surface area contributed by atoms with Crippen LogP contribution in [0.1, 0.15) is 29.7 Å². The van der Waals surface area contributed by atoms with Gasteiger partial charge in [0.25, 0.3) is 11.7 Å². The smallest absolute Gasteiger partial charge is 0.295 e. The molecule has 5 rings (SSSR count). The van der Waals surface area contributed by atoms with E-state index in [-0.39, 0.29) is 24.7 Å². The van der Waals surface area contributed by atoms with Gasteiger partial charge in [-0.2, -0.15) is 0 Å². The fraction of sp³-hybridized carbons (Fsp3) is 0.214. The lowest BCUT2D eigenvalue weighted by atomic mass is 9.95. The molecule has 1 N–H and O–H groups in total. The Morgan fingerprint density at radius 2 is 1.78 bits per heavy atom. The second-order valence-electron chi connectivity index (χ2n) is 8.35. The van der Waals surface area contributed by atoms with Crippen molar-refractivity contribution in [3.8, 4) is 23.0 Å². The minimum atomic E-state index is -0.808. The standard InChI is InChI=1S/C28H25NO7/c1-3-34-21-6-4-5-17(13-21)15-29-25(18-7-10-20(33-2)11-8-18)24(27(31)28(29)32)26(30)19-9-12-22-23(14-19)36-16-35-22/h4-14,25,30H,3,15-16H2,1-2H3/b26-24-. The summed E-state index contributed by atoms with van der Waals surface area (Å²) in [4.78, 5) is 28.1. The Hall–Kier alpha value is -4.46. The van der Waals surface area contributed by atoms with E-state index in [1.807, 2.05) is 31.2 Å². The van der Waals surface area contributed by atoms with Crippen LogP contribution < -0.4 is 18.9 Å². The number of methoxy groups -OCH3 is 1. The molecule has 1 atom stereocenters. The number of rotatable bonds is 7. The van der Waals surface area contributed by atoms with E-state index in [1.165, 1.54) is 4.90 Å². The van der Waals surface area contributed by atoms with Crippen molar-refractivity contribution in [1.82, 2.24) is 4.90 Å². The third kappa shape index (κ3) is 4.22. The van der Waals surface area contributed by atoms with Gasteiger partial charge in [-0.05, 0) is 60.5 Å². The average Bonchev–Trinajstić information content (AvgIpc) is 3.47. The van der Waals surface area contributed by atoms with E-state index in [9.17, 15) is 14.7 Å². The minimum Gasteiger partial charge on any atom is -0.507 e. The van der Waals surface area contributed by atoms with Crippen LogP contribution in [0.2, 0.25) is 0 Å². The van der Waals surface area contributed by atoms with Crippen LogP contribution >= 0.6 is 0 Å². The molecule has 3 aromatic rings. The number of nitrogens with zero attached hydrogens (tertiary/aromatic N) is 1. The van der Waals surface area contributed by atoms with Crippen molar-refractivity contribution in [3.63, 3.8) is 0 Å². The number of carbonyl (C=O) groups excluding carboxylic acids is 2. The maximum Gasteiger partial charge on any atom is 0.295 e. The number of aliphatic hydroxyl groups excluding tert-OH is 1. The highest BCUT2D eigenvalue weighted by atomic mass is 16.7. The monoisotopic (exact) mass is 487 g/mol. The number of carbonyl (C=O) groups is 2. The third-order valence-corrected chi connectivity index (χ3v) is 6.18. The van der Waals surface area contributed by atoms with E-state index < -0.39 is 17.7 Å². The zero-order valence-electron chi connectivity index (χ0n) is 19.9. The molecule has 2 aliphatic rings. The Balaban J connectivity index is 1.60. The van der Waals surface area contributed by atoms with Gasteiger partial charge in [-0.25, -0.2) is 0 Å². The highest BCUT2D eigenvalue weighted by Gasteiger charge is 2.46. The van der Waals surface area contributed by atoms with Crippen LogP contribution in [0.15, 0.2) is 72.3 Å². The molecule has 1 unspecified atom stereocenters. The van der Waals surface area contributed by atoms with Crippen molar-refractivity contribution in [2.45, 2.75) is 19.5 Å². The zero-order valence-corrected chi connectivity index (χ0v) is 19.9. The molecule has 0 saturated carbocycles. The molecule has 184 valence electrons. The van der Waals surface area contributed by atoms with Gasteiger partial charge in [0.1, 0.15) is 17.3 Å². The summed E-state index contributed by atoms with van der Waals surface area (Å²) in [5, 5.41) is 11.3.